The number of hydrogen-bond acceptors (Lipinski definition) is 5. The zero-order chi connectivity index (χ0) is 13.4. The van der Waals surface area contributed by atoms with Crippen LogP contribution in [0.1, 0.15) is 40.0 Å². The van der Waals surface area contributed by atoms with Crippen LogP contribution >= 0.6 is 0 Å². The average molecular weight is 251 g/mol. The lowest BCUT2D eigenvalue weighted by Gasteiger charge is -2.16. The van der Waals surface area contributed by atoms with Gasteiger partial charge in [-0.3, -0.25) is 0 Å². The number of hydrogen-bond donors (Lipinski definition) is 1. The van der Waals surface area contributed by atoms with Gasteiger partial charge in [0.15, 0.2) is 5.82 Å². The van der Waals surface area contributed by atoms with Crippen LogP contribution < -0.4 is 10.2 Å². The second-order valence-electron chi connectivity index (χ2n) is 5.03. The Morgan fingerprint density at radius 2 is 2.17 bits per heavy atom. The summed E-state index contributed by atoms with van der Waals surface area (Å²) in [5.74, 6) is 2.20. The second kappa shape index (κ2) is 7.84. The summed E-state index contributed by atoms with van der Waals surface area (Å²) in [5.41, 5.74) is 0. The third-order valence-electron chi connectivity index (χ3n) is 2.76. The van der Waals surface area contributed by atoms with Gasteiger partial charge in [-0.15, -0.1) is 5.10 Å². The Balaban J connectivity index is 2.50. The number of anilines is 2. The van der Waals surface area contributed by atoms with Crippen LogP contribution in [-0.2, 0) is 0 Å². The summed E-state index contributed by atoms with van der Waals surface area (Å²) >= 11 is 0. The van der Waals surface area contributed by atoms with E-state index in [1.54, 1.807) is 6.20 Å². The lowest BCUT2D eigenvalue weighted by molar-refractivity contribution is 0.606. The van der Waals surface area contributed by atoms with Crippen LogP contribution in [0.2, 0.25) is 0 Å². The topological polar surface area (TPSA) is 53.9 Å². The molecule has 5 heteroatoms. The summed E-state index contributed by atoms with van der Waals surface area (Å²) < 4.78 is 0. The molecule has 0 fully saturated rings. The predicted molar refractivity (Wildman–Crippen MR) is 75.9 cm³/mol. The molecule has 0 spiro atoms. The number of nitrogens with zero attached hydrogens (tertiary/aromatic N) is 4. The molecule has 0 radical (unpaired) electrons. The monoisotopic (exact) mass is 251 g/mol. The third-order valence-corrected chi connectivity index (χ3v) is 2.76. The Hall–Kier alpha value is -1.39. The molecule has 0 aliphatic rings. The summed E-state index contributed by atoms with van der Waals surface area (Å²) in [6.07, 6.45) is 5.12. The molecule has 0 bridgehead atoms. The first kappa shape index (κ1) is 14.7. The smallest absolute Gasteiger partial charge is 0.247 e. The van der Waals surface area contributed by atoms with E-state index in [2.05, 4.69) is 41.3 Å². The van der Waals surface area contributed by atoms with Crippen LogP contribution in [0.25, 0.3) is 0 Å². The number of nitrogens with one attached hydrogen (secondary N) is 1. The first-order valence-corrected chi connectivity index (χ1v) is 6.78. The molecule has 0 saturated heterocycles. The Kier molecular flexibility index (Phi) is 6.39. The minimum atomic E-state index is 0.693. The van der Waals surface area contributed by atoms with E-state index in [1.807, 2.05) is 11.9 Å². The standard InChI is InChI=1S/C13H25N5/c1-5-6-9-18(4)13-16-12(10-15-17-13)14-8-7-11(2)3/h10-11H,5-9H2,1-4H3,(H,14,16,17). The number of aromatic nitrogens is 3. The fourth-order valence-corrected chi connectivity index (χ4v) is 1.53. The second-order valence-corrected chi connectivity index (χ2v) is 5.03. The first-order chi connectivity index (χ1) is 8.63. The van der Waals surface area contributed by atoms with Crippen molar-refractivity contribution < 1.29 is 0 Å². The highest BCUT2D eigenvalue weighted by Crippen LogP contribution is 2.09. The van der Waals surface area contributed by atoms with Crippen molar-refractivity contribution in [3.05, 3.63) is 6.20 Å². The van der Waals surface area contributed by atoms with Crippen LogP contribution in [0.15, 0.2) is 6.20 Å². The lowest BCUT2D eigenvalue weighted by Crippen LogP contribution is -2.22. The largest absolute Gasteiger partial charge is 0.369 e. The normalized spacial score (nSPS) is 10.7. The number of unbranched alkanes of at least 4 members (excludes halogenated alkanes) is 1. The minimum Gasteiger partial charge on any atom is -0.369 e. The van der Waals surface area contributed by atoms with E-state index in [9.17, 15) is 0 Å². The van der Waals surface area contributed by atoms with Gasteiger partial charge in [0, 0.05) is 20.1 Å². The van der Waals surface area contributed by atoms with Gasteiger partial charge in [0.05, 0.1) is 6.20 Å². The molecule has 0 atom stereocenters. The molecule has 1 aromatic rings. The fraction of sp³-hybridized carbons (Fsp3) is 0.769. The quantitative estimate of drug-likeness (QED) is 0.769. The molecule has 1 aromatic heterocycles. The van der Waals surface area contributed by atoms with Crippen molar-refractivity contribution in [3.63, 3.8) is 0 Å². The predicted octanol–water partition coefficient (Wildman–Crippen LogP) is 2.57. The molecule has 0 aliphatic carbocycles. The zero-order valence-electron chi connectivity index (χ0n) is 12.0. The van der Waals surface area contributed by atoms with Gasteiger partial charge in [-0.25, -0.2) is 0 Å². The summed E-state index contributed by atoms with van der Waals surface area (Å²) in [5, 5.41) is 11.3. The molecule has 1 heterocycles. The summed E-state index contributed by atoms with van der Waals surface area (Å²) in [7, 11) is 2.00. The Labute approximate surface area is 110 Å². The average Bonchev–Trinajstić information content (AvgIpc) is 2.36. The first-order valence-electron chi connectivity index (χ1n) is 6.78. The van der Waals surface area contributed by atoms with Crippen molar-refractivity contribution in [2.45, 2.75) is 40.0 Å². The zero-order valence-corrected chi connectivity index (χ0v) is 12.0. The van der Waals surface area contributed by atoms with Gasteiger partial charge < -0.3 is 10.2 Å². The van der Waals surface area contributed by atoms with E-state index in [1.165, 1.54) is 6.42 Å². The third kappa shape index (κ3) is 5.29. The Bertz CT molecular complexity index is 340. The highest BCUT2D eigenvalue weighted by molar-refractivity contribution is 5.38. The molecule has 1 rings (SSSR count). The van der Waals surface area contributed by atoms with Gasteiger partial charge in [0.1, 0.15) is 0 Å². The van der Waals surface area contributed by atoms with Crippen LogP contribution in [0, 0.1) is 5.92 Å². The molecule has 102 valence electrons. The maximum atomic E-state index is 4.46. The van der Waals surface area contributed by atoms with Crippen LogP contribution in [-0.4, -0.2) is 35.3 Å². The molecule has 0 unspecified atom stereocenters. The minimum absolute atomic E-state index is 0.693. The van der Waals surface area contributed by atoms with Crippen molar-refractivity contribution in [1.82, 2.24) is 15.2 Å². The van der Waals surface area contributed by atoms with E-state index in [0.29, 0.717) is 11.9 Å². The molecule has 18 heavy (non-hydrogen) atoms. The van der Waals surface area contributed by atoms with E-state index in [4.69, 9.17) is 0 Å². The lowest BCUT2D eigenvalue weighted by atomic mass is 10.1. The summed E-state index contributed by atoms with van der Waals surface area (Å²) in [6.45, 7) is 8.49. The van der Waals surface area contributed by atoms with E-state index >= 15 is 0 Å². The van der Waals surface area contributed by atoms with E-state index in [-0.39, 0.29) is 0 Å². The van der Waals surface area contributed by atoms with Crippen LogP contribution in [0.3, 0.4) is 0 Å². The van der Waals surface area contributed by atoms with E-state index in [0.717, 1.165) is 31.7 Å². The van der Waals surface area contributed by atoms with Crippen molar-refractivity contribution >= 4 is 11.8 Å². The van der Waals surface area contributed by atoms with Gasteiger partial charge >= 0.3 is 0 Å². The van der Waals surface area contributed by atoms with Gasteiger partial charge in [-0.1, -0.05) is 27.2 Å². The van der Waals surface area contributed by atoms with Crippen molar-refractivity contribution in [2.24, 2.45) is 5.92 Å². The molecule has 0 aromatic carbocycles. The summed E-state index contributed by atoms with van der Waals surface area (Å²) in [4.78, 5) is 6.51. The maximum Gasteiger partial charge on any atom is 0.247 e. The molecule has 0 aliphatic heterocycles. The highest BCUT2D eigenvalue weighted by Gasteiger charge is 2.05. The highest BCUT2D eigenvalue weighted by atomic mass is 15.3. The van der Waals surface area contributed by atoms with Crippen LogP contribution in [0.5, 0.6) is 0 Å². The van der Waals surface area contributed by atoms with Crippen LogP contribution in [0.4, 0.5) is 11.8 Å². The fourth-order valence-electron chi connectivity index (χ4n) is 1.53. The molecule has 0 saturated carbocycles. The maximum absolute atomic E-state index is 4.46. The van der Waals surface area contributed by atoms with Gasteiger partial charge in [0.2, 0.25) is 5.95 Å². The summed E-state index contributed by atoms with van der Waals surface area (Å²) in [6, 6.07) is 0. The molecule has 0 amide bonds. The van der Waals surface area contributed by atoms with Crippen molar-refractivity contribution in [2.75, 3.05) is 30.4 Å². The van der Waals surface area contributed by atoms with Gasteiger partial charge in [-0.2, -0.15) is 10.1 Å². The molecule has 5 nitrogen and oxygen atoms in total. The van der Waals surface area contributed by atoms with Gasteiger partial charge in [0.25, 0.3) is 0 Å². The van der Waals surface area contributed by atoms with Crippen molar-refractivity contribution in [3.8, 4) is 0 Å². The Morgan fingerprint density at radius 1 is 1.39 bits per heavy atom. The molecular weight excluding hydrogens is 226 g/mol. The molecule has 1 N–H and O–H groups in total. The SMILES string of the molecule is CCCCN(C)c1nncc(NCCC(C)C)n1. The number of rotatable bonds is 8. The molecular formula is C13H25N5. The van der Waals surface area contributed by atoms with E-state index < -0.39 is 0 Å². The van der Waals surface area contributed by atoms with Crippen molar-refractivity contribution in [1.29, 1.82) is 0 Å². The Morgan fingerprint density at radius 3 is 2.83 bits per heavy atom. The van der Waals surface area contributed by atoms with Gasteiger partial charge in [-0.05, 0) is 18.8 Å².